The number of ketones is 1. The number of quaternary nitrogens is 1. The molecule has 1 unspecified atom stereocenters. The molecule has 18 heavy (non-hydrogen) atoms. The molecule has 0 heterocycles. The van der Waals surface area contributed by atoms with Gasteiger partial charge < -0.3 is 14.7 Å². The van der Waals surface area contributed by atoms with E-state index in [2.05, 4.69) is 0 Å². The first-order chi connectivity index (χ1) is 8.52. The highest BCUT2D eigenvalue weighted by Crippen LogP contribution is 2.12. The Morgan fingerprint density at radius 2 is 1.89 bits per heavy atom. The van der Waals surface area contributed by atoms with Crippen LogP contribution in [-0.2, 0) is 4.79 Å². The predicted molar refractivity (Wildman–Crippen MR) is 66.2 cm³/mol. The number of aliphatic carboxylic acids is 1. The Hall–Kier alpha value is -1.88. The van der Waals surface area contributed by atoms with E-state index in [9.17, 15) is 9.59 Å². The van der Waals surface area contributed by atoms with E-state index in [0.717, 1.165) is 4.90 Å². The lowest BCUT2D eigenvalue weighted by molar-refractivity contribution is -0.871. The fourth-order valence-electron chi connectivity index (χ4n) is 1.59. The third-order valence-corrected chi connectivity index (χ3v) is 2.64. The molecule has 0 fully saturated rings. The standard InChI is InChI=1S/C13H17NO4/c1-14(9-13(16)17)8-7-12(15)10-3-5-11(18-2)6-4-10/h3-6H,7-9H2,1-2H3,(H,16,17)/p+1. The molecule has 1 aromatic rings. The number of nitrogens with one attached hydrogen (secondary N) is 1. The molecule has 1 atom stereocenters. The summed E-state index contributed by atoms with van der Waals surface area (Å²) in [5.74, 6) is -0.132. The van der Waals surface area contributed by atoms with Gasteiger partial charge in [-0.3, -0.25) is 4.79 Å². The van der Waals surface area contributed by atoms with E-state index in [1.165, 1.54) is 0 Å². The number of benzene rings is 1. The van der Waals surface area contributed by atoms with E-state index >= 15 is 0 Å². The van der Waals surface area contributed by atoms with Crippen molar-refractivity contribution in [2.75, 3.05) is 27.2 Å². The smallest absolute Gasteiger partial charge is 0.359 e. The van der Waals surface area contributed by atoms with Crippen LogP contribution in [0.5, 0.6) is 5.75 Å². The van der Waals surface area contributed by atoms with Gasteiger partial charge in [0.1, 0.15) is 5.75 Å². The molecule has 0 radical (unpaired) electrons. The third kappa shape index (κ3) is 4.55. The van der Waals surface area contributed by atoms with E-state index in [-0.39, 0.29) is 12.3 Å². The largest absolute Gasteiger partial charge is 0.497 e. The average Bonchev–Trinajstić information content (AvgIpc) is 2.35. The van der Waals surface area contributed by atoms with Crippen LogP contribution in [-0.4, -0.2) is 44.1 Å². The first-order valence-corrected chi connectivity index (χ1v) is 5.73. The van der Waals surface area contributed by atoms with Crippen molar-refractivity contribution in [3.8, 4) is 5.75 Å². The molecule has 0 aliphatic heterocycles. The molecule has 0 spiro atoms. The van der Waals surface area contributed by atoms with Gasteiger partial charge in [0.25, 0.3) is 0 Å². The van der Waals surface area contributed by atoms with Crippen LogP contribution in [0.4, 0.5) is 0 Å². The van der Waals surface area contributed by atoms with E-state index in [1.807, 2.05) is 0 Å². The van der Waals surface area contributed by atoms with Crippen LogP contribution in [0, 0.1) is 0 Å². The fourth-order valence-corrected chi connectivity index (χ4v) is 1.59. The number of methoxy groups -OCH3 is 1. The lowest BCUT2D eigenvalue weighted by Crippen LogP contribution is -3.10. The van der Waals surface area contributed by atoms with Crippen LogP contribution in [0.3, 0.4) is 0 Å². The first-order valence-electron chi connectivity index (χ1n) is 5.73. The molecule has 0 aromatic heterocycles. The zero-order valence-corrected chi connectivity index (χ0v) is 10.6. The van der Waals surface area contributed by atoms with Gasteiger partial charge in [0, 0.05) is 5.56 Å². The van der Waals surface area contributed by atoms with Crippen molar-refractivity contribution in [1.29, 1.82) is 0 Å². The molecule has 0 saturated carbocycles. The van der Waals surface area contributed by atoms with Crippen LogP contribution >= 0.6 is 0 Å². The minimum atomic E-state index is -0.857. The lowest BCUT2D eigenvalue weighted by Gasteiger charge is -2.10. The summed E-state index contributed by atoms with van der Waals surface area (Å²) in [6.45, 7) is 0.535. The van der Waals surface area contributed by atoms with E-state index in [4.69, 9.17) is 9.84 Å². The van der Waals surface area contributed by atoms with Gasteiger partial charge in [-0.05, 0) is 24.3 Å². The molecule has 0 aliphatic rings. The molecule has 98 valence electrons. The topological polar surface area (TPSA) is 68.0 Å². The molecule has 5 nitrogen and oxygen atoms in total. The molecule has 0 bridgehead atoms. The van der Waals surface area contributed by atoms with Crippen molar-refractivity contribution >= 4 is 11.8 Å². The number of rotatable bonds is 7. The van der Waals surface area contributed by atoms with Crippen LogP contribution in [0.15, 0.2) is 24.3 Å². The highest BCUT2D eigenvalue weighted by molar-refractivity contribution is 5.96. The molecule has 1 rings (SSSR count). The summed E-state index contributed by atoms with van der Waals surface area (Å²) >= 11 is 0. The number of carboxylic acid groups (broad SMARTS) is 1. The van der Waals surface area contributed by atoms with Crippen molar-refractivity contribution in [1.82, 2.24) is 0 Å². The third-order valence-electron chi connectivity index (χ3n) is 2.64. The Labute approximate surface area is 106 Å². The summed E-state index contributed by atoms with van der Waals surface area (Å²) in [5.41, 5.74) is 0.624. The predicted octanol–water partition coefficient (Wildman–Crippen LogP) is -0.133. The van der Waals surface area contributed by atoms with E-state index < -0.39 is 5.97 Å². The normalized spacial score (nSPS) is 11.9. The Morgan fingerprint density at radius 1 is 1.28 bits per heavy atom. The van der Waals surface area contributed by atoms with Crippen LogP contribution < -0.4 is 9.64 Å². The van der Waals surface area contributed by atoms with Crippen LogP contribution in [0.1, 0.15) is 16.8 Å². The molecule has 2 N–H and O–H groups in total. The molecule has 0 amide bonds. The molecule has 0 saturated heterocycles. The summed E-state index contributed by atoms with van der Waals surface area (Å²) in [5, 5.41) is 8.60. The number of hydrogen-bond acceptors (Lipinski definition) is 3. The molecule has 5 heteroatoms. The maximum Gasteiger partial charge on any atom is 0.359 e. The Kier molecular flexibility index (Phi) is 5.32. The molecular weight excluding hydrogens is 234 g/mol. The summed E-state index contributed by atoms with van der Waals surface area (Å²) in [6, 6.07) is 6.91. The highest BCUT2D eigenvalue weighted by Gasteiger charge is 2.12. The number of carbonyl (C=O) groups is 2. The number of carboxylic acids is 1. The minimum Gasteiger partial charge on any atom is -0.497 e. The number of hydrogen-bond donors (Lipinski definition) is 2. The van der Waals surface area contributed by atoms with Crippen molar-refractivity contribution in [2.45, 2.75) is 6.42 Å². The Bertz CT molecular complexity index is 414. The van der Waals surface area contributed by atoms with Gasteiger partial charge in [-0.1, -0.05) is 0 Å². The maximum absolute atomic E-state index is 11.8. The summed E-state index contributed by atoms with van der Waals surface area (Å²) in [6.07, 6.45) is 0.339. The van der Waals surface area contributed by atoms with Gasteiger partial charge >= 0.3 is 5.97 Å². The zero-order valence-electron chi connectivity index (χ0n) is 10.6. The monoisotopic (exact) mass is 252 g/mol. The second-order valence-corrected chi connectivity index (χ2v) is 4.18. The van der Waals surface area contributed by atoms with Gasteiger partial charge in [0.2, 0.25) is 0 Å². The highest BCUT2D eigenvalue weighted by atomic mass is 16.5. The van der Waals surface area contributed by atoms with Crippen molar-refractivity contribution in [2.24, 2.45) is 0 Å². The van der Waals surface area contributed by atoms with Gasteiger partial charge in [-0.2, -0.15) is 0 Å². The van der Waals surface area contributed by atoms with Crippen molar-refractivity contribution < 1.29 is 24.3 Å². The van der Waals surface area contributed by atoms with E-state index in [1.54, 1.807) is 38.4 Å². The maximum atomic E-state index is 11.8. The summed E-state index contributed by atoms with van der Waals surface area (Å²) < 4.78 is 5.01. The number of ether oxygens (including phenoxy) is 1. The Balaban J connectivity index is 2.47. The van der Waals surface area contributed by atoms with Gasteiger partial charge in [-0.25, -0.2) is 4.79 Å². The second kappa shape index (κ2) is 6.76. The lowest BCUT2D eigenvalue weighted by atomic mass is 10.1. The van der Waals surface area contributed by atoms with Crippen molar-refractivity contribution in [3.05, 3.63) is 29.8 Å². The van der Waals surface area contributed by atoms with Crippen LogP contribution in [0.2, 0.25) is 0 Å². The fraction of sp³-hybridized carbons (Fsp3) is 0.385. The molecular formula is C13H18NO4+. The van der Waals surface area contributed by atoms with Crippen LogP contribution in [0.25, 0.3) is 0 Å². The molecule has 1 aromatic carbocycles. The summed E-state index contributed by atoms with van der Waals surface area (Å²) in [7, 11) is 3.33. The second-order valence-electron chi connectivity index (χ2n) is 4.18. The Morgan fingerprint density at radius 3 is 2.39 bits per heavy atom. The number of likely N-dealkylation sites (N-methyl/N-ethyl adjacent to an activating group) is 1. The van der Waals surface area contributed by atoms with Crippen molar-refractivity contribution in [3.63, 3.8) is 0 Å². The van der Waals surface area contributed by atoms with Gasteiger partial charge in [0.05, 0.1) is 27.1 Å². The average molecular weight is 252 g/mol. The minimum absolute atomic E-state index is 0.0161. The molecule has 0 aliphatic carbocycles. The quantitative estimate of drug-likeness (QED) is 0.663. The number of carbonyl (C=O) groups excluding carboxylic acids is 1. The number of Topliss-reactive ketones (excluding diaryl/α,β-unsaturated/α-hetero) is 1. The summed E-state index contributed by atoms with van der Waals surface area (Å²) in [4.78, 5) is 23.1. The van der Waals surface area contributed by atoms with E-state index in [0.29, 0.717) is 24.3 Å². The van der Waals surface area contributed by atoms with Gasteiger partial charge in [0.15, 0.2) is 12.3 Å². The zero-order chi connectivity index (χ0) is 13.5. The van der Waals surface area contributed by atoms with Gasteiger partial charge in [-0.15, -0.1) is 0 Å². The first kappa shape index (κ1) is 14.2. The SMILES string of the molecule is COc1ccc(C(=O)CC[NH+](C)CC(=O)O)cc1.